The molecular weight excluding hydrogens is 308 g/mol. The fourth-order valence-electron chi connectivity index (χ4n) is 3.34. The van der Waals surface area contributed by atoms with Crippen LogP contribution in [-0.4, -0.2) is 36.0 Å². The van der Waals surface area contributed by atoms with Gasteiger partial charge in [0.25, 0.3) is 0 Å². The summed E-state index contributed by atoms with van der Waals surface area (Å²) in [6.07, 6.45) is 1.13. The first-order chi connectivity index (χ1) is 12.3. The minimum Gasteiger partial charge on any atom is -0.298 e. The molecule has 1 heterocycles. The molecule has 1 aliphatic heterocycles. The van der Waals surface area contributed by atoms with Crippen LogP contribution in [0.4, 0.5) is 0 Å². The Balaban J connectivity index is 1.56. The van der Waals surface area contributed by atoms with Gasteiger partial charge in [-0.15, -0.1) is 0 Å². The highest BCUT2D eigenvalue weighted by molar-refractivity contribution is 5.33. The number of nitrogens with zero attached hydrogens (tertiary/aromatic N) is 4. The zero-order chi connectivity index (χ0) is 17.5. The van der Waals surface area contributed by atoms with E-state index in [1.54, 1.807) is 0 Å². The minimum absolute atomic E-state index is 0.728. The first-order valence-corrected chi connectivity index (χ1v) is 8.69. The summed E-state index contributed by atoms with van der Waals surface area (Å²) in [6, 6.07) is 20.2. The lowest BCUT2D eigenvalue weighted by Crippen LogP contribution is -2.30. The molecule has 2 aromatic carbocycles. The zero-order valence-corrected chi connectivity index (χ0v) is 14.4. The van der Waals surface area contributed by atoms with Gasteiger partial charge >= 0.3 is 0 Å². The average Bonchev–Trinajstić information content (AvgIpc) is 2.87. The van der Waals surface area contributed by atoms with Gasteiger partial charge in [0.1, 0.15) is 0 Å². The molecule has 4 nitrogen and oxygen atoms in total. The van der Waals surface area contributed by atoms with Crippen LogP contribution in [0.15, 0.2) is 48.5 Å². The van der Waals surface area contributed by atoms with Gasteiger partial charge in [-0.25, -0.2) is 0 Å². The molecule has 0 aliphatic carbocycles. The van der Waals surface area contributed by atoms with E-state index < -0.39 is 0 Å². The molecule has 1 saturated heterocycles. The van der Waals surface area contributed by atoms with Gasteiger partial charge in [-0.05, 0) is 54.9 Å². The predicted molar refractivity (Wildman–Crippen MR) is 97.5 cm³/mol. The standard InChI is InChI=1S/C21H22N4/c22-14-18-4-1-6-20(12-18)16-24-8-3-9-25(11-10-24)17-21-7-2-5-19(13-21)15-23/h1-2,4-7,12-13H,3,8-11,16-17H2. The maximum absolute atomic E-state index is 9.03. The molecular formula is C21H22N4. The molecule has 1 fully saturated rings. The first kappa shape index (κ1) is 17.2. The Morgan fingerprint density at radius 2 is 1.20 bits per heavy atom. The van der Waals surface area contributed by atoms with Crippen molar-refractivity contribution < 1.29 is 0 Å². The maximum atomic E-state index is 9.03. The summed E-state index contributed by atoms with van der Waals surface area (Å²) in [7, 11) is 0. The Bertz CT molecular complexity index is 733. The molecule has 1 aliphatic rings. The van der Waals surface area contributed by atoms with Crippen molar-refractivity contribution in [1.29, 1.82) is 10.5 Å². The third-order valence-electron chi connectivity index (χ3n) is 4.61. The summed E-state index contributed by atoms with van der Waals surface area (Å²) in [4.78, 5) is 4.92. The van der Waals surface area contributed by atoms with Crippen LogP contribution in [0.2, 0.25) is 0 Å². The summed E-state index contributed by atoms with van der Waals surface area (Å²) in [5, 5.41) is 18.1. The molecule has 0 unspecified atom stereocenters. The third kappa shape index (κ3) is 4.90. The normalized spacial score (nSPS) is 15.9. The summed E-state index contributed by atoms with van der Waals surface area (Å²) in [6.45, 7) is 5.99. The van der Waals surface area contributed by atoms with E-state index in [1.807, 2.05) is 36.4 Å². The van der Waals surface area contributed by atoms with Crippen molar-refractivity contribution in [3.05, 3.63) is 70.8 Å². The van der Waals surface area contributed by atoms with Crippen molar-refractivity contribution in [1.82, 2.24) is 9.80 Å². The Morgan fingerprint density at radius 3 is 1.64 bits per heavy atom. The highest BCUT2D eigenvalue weighted by atomic mass is 15.2. The van der Waals surface area contributed by atoms with Crippen LogP contribution in [0.5, 0.6) is 0 Å². The van der Waals surface area contributed by atoms with Crippen molar-refractivity contribution >= 4 is 0 Å². The number of hydrogen-bond acceptors (Lipinski definition) is 4. The molecule has 2 aromatic rings. The second-order valence-corrected chi connectivity index (χ2v) is 6.53. The van der Waals surface area contributed by atoms with Gasteiger partial charge in [0.05, 0.1) is 23.3 Å². The molecule has 0 atom stereocenters. The largest absolute Gasteiger partial charge is 0.298 e. The Hall–Kier alpha value is -2.66. The second kappa shape index (κ2) is 8.44. The van der Waals surface area contributed by atoms with Crippen LogP contribution in [0.1, 0.15) is 28.7 Å². The van der Waals surface area contributed by atoms with Crippen molar-refractivity contribution in [3.63, 3.8) is 0 Å². The maximum Gasteiger partial charge on any atom is 0.0991 e. The third-order valence-corrected chi connectivity index (χ3v) is 4.61. The first-order valence-electron chi connectivity index (χ1n) is 8.69. The lowest BCUT2D eigenvalue weighted by molar-refractivity contribution is 0.247. The van der Waals surface area contributed by atoms with Crippen LogP contribution in [-0.2, 0) is 13.1 Å². The molecule has 0 saturated carbocycles. The molecule has 4 heteroatoms. The van der Waals surface area contributed by atoms with Gasteiger partial charge in [-0.2, -0.15) is 10.5 Å². The summed E-state index contributed by atoms with van der Waals surface area (Å²) >= 11 is 0. The van der Waals surface area contributed by atoms with Crippen LogP contribution >= 0.6 is 0 Å². The highest BCUT2D eigenvalue weighted by Gasteiger charge is 2.15. The molecule has 0 amide bonds. The van der Waals surface area contributed by atoms with E-state index in [9.17, 15) is 0 Å². The zero-order valence-electron chi connectivity index (χ0n) is 14.4. The Kier molecular flexibility index (Phi) is 5.80. The summed E-state index contributed by atoms with van der Waals surface area (Å²) < 4.78 is 0. The quantitative estimate of drug-likeness (QED) is 0.864. The lowest BCUT2D eigenvalue weighted by Gasteiger charge is -2.22. The van der Waals surface area contributed by atoms with Gasteiger partial charge in [0.15, 0.2) is 0 Å². The smallest absolute Gasteiger partial charge is 0.0991 e. The van der Waals surface area contributed by atoms with Gasteiger partial charge in [0.2, 0.25) is 0 Å². The molecule has 0 radical (unpaired) electrons. The number of hydrogen-bond donors (Lipinski definition) is 0. The summed E-state index contributed by atoms with van der Waals surface area (Å²) in [5.74, 6) is 0. The van der Waals surface area contributed by atoms with E-state index in [0.29, 0.717) is 0 Å². The summed E-state index contributed by atoms with van der Waals surface area (Å²) in [5.41, 5.74) is 3.86. The van der Waals surface area contributed by atoms with Crippen LogP contribution < -0.4 is 0 Å². The van der Waals surface area contributed by atoms with E-state index in [1.165, 1.54) is 11.1 Å². The molecule has 0 spiro atoms. The number of rotatable bonds is 4. The number of nitriles is 2. The van der Waals surface area contributed by atoms with Crippen molar-refractivity contribution in [2.24, 2.45) is 0 Å². The van der Waals surface area contributed by atoms with Gasteiger partial charge < -0.3 is 0 Å². The van der Waals surface area contributed by atoms with Crippen LogP contribution in [0.3, 0.4) is 0 Å². The molecule has 0 aromatic heterocycles. The van der Waals surface area contributed by atoms with Gasteiger partial charge in [-0.1, -0.05) is 24.3 Å². The molecule has 3 rings (SSSR count). The molecule has 0 N–H and O–H groups in total. The fraction of sp³-hybridized carbons (Fsp3) is 0.333. The molecule has 126 valence electrons. The predicted octanol–water partition coefficient (Wildman–Crippen LogP) is 3.14. The Labute approximate surface area is 149 Å². The highest BCUT2D eigenvalue weighted by Crippen LogP contribution is 2.13. The topological polar surface area (TPSA) is 54.1 Å². The van der Waals surface area contributed by atoms with Crippen molar-refractivity contribution in [2.45, 2.75) is 19.5 Å². The van der Waals surface area contributed by atoms with Crippen molar-refractivity contribution in [3.8, 4) is 12.1 Å². The van der Waals surface area contributed by atoms with Gasteiger partial charge in [0, 0.05) is 26.2 Å². The molecule has 25 heavy (non-hydrogen) atoms. The SMILES string of the molecule is N#Cc1cccc(CN2CCCN(Cc3cccc(C#N)c3)CC2)c1. The second-order valence-electron chi connectivity index (χ2n) is 6.53. The van der Waals surface area contributed by atoms with E-state index in [2.05, 4.69) is 34.1 Å². The van der Waals surface area contributed by atoms with E-state index in [4.69, 9.17) is 10.5 Å². The van der Waals surface area contributed by atoms with Crippen LogP contribution in [0.25, 0.3) is 0 Å². The van der Waals surface area contributed by atoms with Crippen LogP contribution in [0, 0.1) is 22.7 Å². The fourth-order valence-corrected chi connectivity index (χ4v) is 3.34. The van der Waals surface area contributed by atoms with E-state index >= 15 is 0 Å². The van der Waals surface area contributed by atoms with E-state index in [-0.39, 0.29) is 0 Å². The average molecular weight is 330 g/mol. The minimum atomic E-state index is 0.728. The monoisotopic (exact) mass is 330 g/mol. The van der Waals surface area contributed by atoms with Gasteiger partial charge in [-0.3, -0.25) is 9.80 Å². The molecule has 0 bridgehead atoms. The van der Waals surface area contributed by atoms with Crippen molar-refractivity contribution in [2.75, 3.05) is 26.2 Å². The Morgan fingerprint density at radius 1 is 0.720 bits per heavy atom. The lowest BCUT2D eigenvalue weighted by atomic mass is 10.1. The van der Waals surface area contributed by atoms with E-state index in [0.717, 1.165) is 56.8 Å². The number of benzene rings is 2.